The molecular formula is C27H25F3O3. The standard InChI is InChI=1S/C27H25F3O3/c28-27(29,30)24-13-20(11-21(14-24)16-31)10-19-6-9-25-22(12-19)7-8-23(25)15-26(32)33-17-18-4-2-1-3-5-18/h1-6,9,11-14,23,31H,7-8,10,15-17H2. The second kappa shape index (κ2) is 9.79. The fourth-order valence-corrected chi connectivity index (χ4v) is 4.43. The van der Waals surface area contributed by atoms with Crippen molar-refractivity contribution in [3.8, 4) is 0 Å². The molecule has 33 heavy (non-hydrogen) atoms. The lowest BCUT2D eigenvalue weighted by molar-refractivity contribution is -0.145. The zero-order valence-electron chi connectivity index (χ0n) is 18.1. The minimum Gasteiger partial charge on any atom is -0.461 e. The van der Waals surface area contributed by atoms with Gasteiger partial charge in [0.25, 0.3) is 0 Å². The topological polar surface area (TPSA) is 46.5 Å². The molecule has 3 aromatic rings. The first kappa shape index (κ1) is 23.1. The van der Waals surface area contributed by atoms with Gasteiger partial charge in [0.1, 0.15) is 6.61 Å². The van der Waals surface area contributed by atoms with Gasteiger partial charge in [0.15, 0.2) is 0 Å². The highest BCUT2D eigenvalue weighted by Crippen LogP contribution is 2.37. The number of carbonyl (C=O) groups excluding carboxylic acids is 1. The number of esters is 1. The number of halogens is 3. The van der Waals surface area contributed by atoms with E-state index in [0.717, 1.165) is 47.2 Å². The maximum atomic E-state index is 13.2. The summed E-state index contributed by atoms with van der Waals surface area (Å²) in [4.78, 5) is 12.3. The molecule has 0 saturated carbocycles. The number of alkyl halides is 3. The van der Waals surface area contributed by atoms with Crippen LogP contribution in [0.3, 0.4) is 0 Å². The Hall–Kier alpha value is -3.12. The molecule has 4 rings (SSSR count). The Balaban J connectivity index is 1.42. The summed E-state index contributed by atoms with van der Waals surface area (Å²) < 4.78 is 45.0. The van der Waals surface area contributed by atoms with E-state index in [1.807, 2.05) is 48.5 Å². The van der Waals surface area contributed by atoms with Gasteiger partial charge in [0, 0.05) is 0 Å². The molecule has 1 aliphatic rings. The molecule has 172 valence electrons. The molecule has 1 aliphatic carbocycles. The van der Waals surface area contributed by atoms with E-state index in [9.17, 15) is 23.1 Å². The average Bonchev–Trinajstić information content (AvgIpc) is 3.19. The highest BCUT2D eigenvalue weighted by Gasteiger charge is 2.31. The molecule has 0 radical (unpaired) electrons. The third-order valence-electron chi connectivity index (χ3n) is 6.04. The summed E-state index contributed by atoms with van der Waals surface area (Å²) in [6.45, 7) is -0.186. The van der Waals surface area contributed by atoms with Crippen molar-refractivity contribution in [1.29, 1.82) is 0 Å². The van der Waals surface area contributed by atoms with Crippen LogP contribution in [0.4, 0.5) is 13.2 Å². The highest BCUT2D eigenvalue weighted by molar-refractivity contribution is 5.71. The average molecular weight is 454 g/mol. The van der Waals surface area contributed by atoms with Crippen LogP contribution >= 0.6 is 0 Å². The number of aliphatic hydroxyl groups is 1. The Morgan fingerprint density at radius 1 is 0.939 bits per heavy atom. The summed E-state index contributed by atoms with van der Waals surface area (Å²) in [5.41, 5.74) is 4.09. The van der Waals surface area contributed by atoms with Gasteiger partial charge >= 0.3 is 12.1 Å². The quantitative estimate of drug-likeness (QED) is 0.449. The first-order valence-electron chi connectivity index (χ1n) is 10.9. The van der Waals surface area contributed by atoms with E-state index >= 15 is 0 Å². The number of carbonyl (C=O) groups is 1. The molecule has 0 spiro atoms. The lowest BCUT2D eigenvalue weighted by Crippen LogP contribution is -2.09. The van der Waals surface area contributed by atoms with E-state index in [-0.39, 0.29) is 24.1 Å². The van der Waals surface area contributed by atoms with E-state index in [2.05, 4.69) is 0 Å². The molecule has 1 N–H and O–H groups in total. The van der Waals surface area contributed by atoms with Crippen LogP contribution in [0.25, 0.3) is 0 Å². The van der Waals surface area contributed by atoms with E-state index < -0.39 is 18.3 Å². The maximum Gasteiger partial charge on any atom is 0.416 e. The minimum atomic E-state index is -4.46. The molecule has 0 aromatic heterocycles. The lowest BCUT2D eigenvalue weighted by atomic mass is 9.94. The van der Waals surface area contributed by atoms with Crippen molar-refractivity contribution in [1.82, 2.24) is 0 Å². The second-order valence-electron chi connectivity index (χ2n) is 8.49. The number of hydrogen-bond acceptors (Lipinski definition) is 3. The largest absolute Gasteiger partial charge is 0.461 e. The van der Waals surface area contributed by atoms with Crippen LogP contribution in [0.15, 0.2) is 66.7 Å². The zero-order chi connectivity index (χ0) is 23.4. The summed E-state index contributed by atoms with van der Waals surface area (Å²) in [7, 11) is 0. The minimum absolute atomic E-state index is 0.0897. The van der Waals surface area contributed by atoms with Crippen molar-refractivity contribution < 1.29 is 27.8 Å². The highest BCUT2D eigenvalue weighted by atomic mass is 19.4. The monoisotopic (exact) mass is 454 g/mol. The Morgan fingerprint density at radius 3 is 2.42 bits per heavy atom. The van der Waals surface area contributed by atoms with E-state index in [1.165, 1.54) is 0 Å². The van der Waals surface area contributed by atoms with Crippen molar-refractivity contribution in [2.45, 2.75) is 51.0 Å². The molecular weight excluding hydrogens is 429 g/mol. The summed E-state index contributed by atoms with van der Waals surface area (Å²) in [5, 5.41) is 9.34. The van der Waals surface area contributed by atoms with Crippen molar-refractivity contribution in [3.63, 3.8) is 0 Å². The number of aryl methyl sites for hydroxylation is 1. The maximum absolute atomic E-state index is 13.2. The van der Waals surface area contributed by atoms with E-state index in [4.69, 9.17) is 4.74 Å². The molecule has 0 saturated heterocycles. The first-order chi connectivity index (χ1) is 15.8. The summed E-state index contributed by atoms with van der Waals surface area (Å²) in [6.07, 6.45) is -2.14. The summed E-state index contributed by atoms with van der Waals surface area (Å²) in [5.74, 6) is -0.145. The molecule has 0 heterocycles. The Labute approximate surface area is 190 Å². The van der Waals surface area contributed by atoms with Gasteiger partial charge in [-0.2, -0.15) is 13.2 Å². The van der Waals surface area contributed by atoms with Crippen LogP contribution in [-0.2, 0) is 41.8 Å². The Bertz CT molecular complexity index is 1120. The molecule has 0 amide bonds. The van der Waals surface area contributed by atoms with Crippen LogP contribution in [0, 0.1) is 0 Å². The normalized spacial score (nSPS) is 15.3. The number of benzene rings is 3. The molecule has 6 heteroatoms. The van der Waals surface area contributed by atoms with Crippen LogP contribution in [-0.4, -0.2) is 11.1 Å². The third kappa shape index (κ3) is 5.82. The van der Waals surface area contributed by atoms with E-state index in [1.54, 1.807) is 6.07 Å². The van der Waals surface area contributed by atoms with Gasteiger partial charge in [0.05, 0.1) is 18.6 Å². The zero-order valence-corrected chi connectivity index (χ0v) is 18.1. The molecule has 0 bridgehead atoms. The van der Waals surface area contributed by atoms with Gasteiger partial charge in [-0.05, 0) is 70.7 Å². The SMILES string of the molecule is O=C(CC1CCc2cc(Cc3cc(CO)cc(C(F)(F)F)c3)ccc21)OCc1ccccc1. The lowest BCUT2D eigenvalue weighted by Gasteiger charge is -2.13. The van der Waals surface area contributed by atoms with Gasteiger partial charge in [-0.25, -0.2) is 0 Å². The number of ether oxygens (including phenoxy) is 1. The molecule has 0 aliphatic heterocycles. The Kier molecular flexibility index (Phi) is 6.84. The summed E-state index contributed by atoms with van der Waals surface area (Å²) in [6, 6.07) is 19.2. The van der Waals surface area contributed by atoms with Gasteiger partial charge in [0.2, 0.25) is 0 Å². The van der Waals surface area contributed by atoms with Crippen LogP contribution < -0.4 is 0 Å². The van der Waals surface area contributed by atoms with Crippen LogP contribution in [0.1, 0.15) is 57.7 Å². The second-order valence-corrected chi connectivity index (χ2v) is 8.49. The van der Waals surface area contributed by atoms with Crippen molar-refractivity contribution in [2.75, 3.05) is 0 Å². The first-order valence-corrected chi connectivity index (χ1v) is 10.9. The number of aliphatic hydroxyl groups excluding tert-OH is 1. The predicted octanol–water partition coefficient (Wildman–Crippen LogP) is 5.95. The predicted molar refractivity (Wildman–Crippen MR) is 119 cm³/mol. The van der Waals surface area contributed by atoms with Gasteiger partial charge in [-0.3, -0.25) is 4.79 Å². The van der Waals surface area contributed by atoms with Gasteiger partial charge in [-0.1, -0.05) is 54.6 Å². The number of rotatable bonds is 7. The Morgan fingerprint density at radius 2 is 1.70 bits per heavy atom. The van der Waals surface area contributed by atoms with Gasteiger partial charge in [-0.15, -0.1) is 0 Å². The van der Waals surface area contributed by atoms with E-state index in [0.29, 0.717) is 18.4 Å². The van der Waals surface area contributed by atoms with Crippen LogP contribution in [0.5, 0.6) is 0 Å². The fourth-order valence-electron chi connectivity index (χ4n) is 4.43. The number of hydrogen-bond donors (Lipinski definition) is 1. The molecule has 1 atom stereocenters. The van der Waals surface area contributed by atoms with Crippen LogP contribution in [0.2, 0.25) is 0 Å². The molecule has 3 nitrogen and oxygen atoms in total. The molecule has 3 aromatic carbocycles. The van der Waals surface area contributed by atoms with Gasteiger partial charge < -0.3 is 9.84 Å². The fraction of sp³-hybridized carbons (Fsp3) is 0.296. The number of fused-ring (bicyclic) bond motifs is 1. The van der Waals surface area contributed by atoms with Crippen molar-refractivity contribution in [2.24, 2.45) is 0 Å². The third-order valence-corrected chi connectivity index (χ3v) is 6.04. The summed E-state index contributed by atoms with van der Waals surface area (Å²) >= 11 is 0. The van der Waals surface area contributed by atoms with Crippen molar-refractivity contribution >= 4 is 5.97 Å². The smallest absolute Gasteiger partial charge is 0.416 e. The molecule has 0 fully saturated rings. The van der Waals surface area contributed by atoms with Crippen molar-refractivity contribution in [3.05, 3.63) is 106 Å². The molecule has 1 unspecified atom stereocenters.